The molecule has 0 bridgehead atoms. The predicted octanol–water partition coefficient (Wildman–Crippen LogP) is 4.37. The minimum Gasteiger partial charge on any atom is -0.483 e. The number of ether oxygens (including phenoxy) is 1. The van der Waals surface area contributed by atoms with Gasteiger partial charge in [0, 0.05) is 10.9 Å². The van der Waals surface area contributed by atoms with Gasteiger partial charge in [0.15, 0.2) is 11.6 Å². The lowest BCUT2D eigenvalue weighted by Gasteiger charge is -2.06. The Morgan fingerprint density at radius 2 is 1.84 bits per heavy atom. The van der Waals surface area contributed by atoms with Crippen LogP contribution in [0.15, 0.2) is 64.8 Å². The molecule has 0 aliphatic rings. The number of hydrogen-bond donors (Lipinski definition) is 1. The second-order valence-corrected chi connectivity index (χ2v) is 6.29. The number of aromatic nitrogens is 2. The molecule has 0 saturated heterocycles. The predicted molar refractivity (Wildman–Crippen MR) is 96.4 cm³/mol. The van der Waals surface area contributed by atoms with Crippen molar-refractivity contribution in [2.45, 2.75) is 6.61 Å². The highest BCUT2D eigenvalue weighted by Crippen LogP contribution is 2.30. The average molecular weight is 352 g/mol. The first-order valence-corrected chi connectivity index (χ1v) is 8.53. The van der Waals surface area contributed by atoms with Crippen molar-refractivity contribution in [3.05, 3.63) is 82.0 Å². The van der Waals surface area contributed by atoms with Gasteiger partial charge in [0.1, 0.15) is 17.3 Å². The van der Waals surface area contributed by atoms with Crippen LogP contribution in [0.1, 0.15) is 5.82 Å². The SMILES string of the molecule is O=c1[nH]c(COc2ccccc2F)nc2scc(-c3ccccc3)c12. The van der Waals surface area contributed by atoms with Gasteiger partial charge in [0.2, 0.25) is 0 Å². The van der Waals surface area contributed by atoms with Crippen molar-refractivity contribution in [3.63, 3.8) is 0 Å². The zero-order valence-corrected chi connectivity index (χ0v) is 13.8. The number of rotatable bonds is 4. The quantitative estimate of drug-likeness (QED) is 0.593. The van der Waals surface area contributed by atoms with Gasteiger partial charge in [-0.25, -0.2) is 9.37 Å². The van der Waals surface area contributed by atoms with Crippen LogP contribution in [0.4, 0.5) is 4.39 Å². The van der Waals surface area contributed by atoms with Crippen LogP contribution in [-0.4, -0.2) is 9.97 Å². The van der Waals surface area contributed by atoms with Gasteiger partial charge in [-0.2, -0.15) is 0 Å². The number of thiophene rings is 1. The van der Waals surface area contributed by atoms with Crippen LogP contribution >= 0.6 is 11.3 Å². The van der Waals surface area contributed by atoms with E-state index in [2.05, 4.69) is 9.97 Å². The molecule has 4 nitrogen and oxygen atoms in total. The van der Waals surface area contributed by atoms with Gasteiger partial charge in [-0.1, -0.05) is 42.5 Å². The van der Waals surface area contributed by atoms with E-state index >= 15 is 0 Å². The molecular weight excluding hydrogens is 339 g/mol. The zero-order valence-electron chi connectivity index (χ0n) is 13.0. The summed E-state index contributed by atoms with van der Waals surface area (Å²) in [6.45, 7) is -0.00924. The molecule has 6 heteroatoms. The van der Waals surface area contributed by atoms with Crippen molar-refractivity contribution in [2.75, 3.05) is 0 Å². The number of nitrogens with zero attached hydrogens (tertiary/aromatic N) is 1. The molecule has 0 unspecified atom stereocenters. The van der Waals surface area contributed by atoms with Crippen molar-refractivity contribution in [1.29, 1.82) is 0 Å². The minimum absolute atomic E-state index is 0.00924. The van der Waals surface area contributed by atoms with Crippen molar-refractivity contribution in [3.8, 4) is 16.9 Å². The monoisotopic (exact) mass is 352 g/mol. The summed E-state index contributed by atoms with van der Waals surface area (Å²) in [4.78, 5) is 20.3. The van der Waals surface area contributed by atoms with Crippen LogP contribution in [-0.2, 0) is 6.61 Å². The lowest BCUT2D eigenvalue weighted by atomic mass is 10.1. The molecule has 0 radical (unpaired) electrons. The van der Waals surface area contributed by atoms with Crippen molar-refractivity contribution in [1.82, 2.24) is 9.97 Å². The largest absolute Gasteiger partial charge is 0.483 e. The number of benzene rings is 2. The van der Waals surface area contributed by atoms with Gasteiger partial charge in [0.25, 0.3) is 5.56 Å². The number of H-pyrrole nitrogens is 1. The van der Waals surface area contributed by atoms with E-state index in [9.17, 15) is 9.18 Å². The Morgan fingerprint density at radius 3 is 2.64 bits per heavy atom. The van der Waals surface area contributed by atoms with Crippen LogP contribution < -0.4 is 10.3 Å². The van der Waals surface area contributed by atoms with E-state index in [4.69, 9.17) is 4.74 Å². The molecule has 2 heterocycles. The average Bonchev–Trinajstić information content (AvgIpc) is 3.06. The first-order chi connectivity index (χ1) is 12.2. The van der Waals surface area contributed by atoms with E-state index in [1.165, 1.54) is 23.5 Å². The van der Waals surface area contributed by atoms with E-state index in [1.54, 1.807) is 12.1 Å². The maximum absolute atomic E-state index is 13.6. The standard InChI is InChI=1S/C19H13FN2O2S/c20-14-8-4-5-9-15(14)24-10-16-21-18(23)17-13(11-25-19(17)22-16)12-6-2-1-3-7-12/h1-9,11H,10H2,(H,21,22,23). The molecule has 124 valence electrons. The third-order valence-corrected chi connectivity index (χ3v) is 4.65. The van der Waals surface area contributed by atoms with Crippen LogP contribution in [0.5, 0.6) is 5.75 Å². The molecule has 25 heavy (non-hydrogen) atoms. The topological polar surface area (TPSA) is 55.0 Å². The Labute approximate surface area is 146 Å². The summed E-state index contributed by atoms with van der Waals surface area (Å²) >= 11 is 1.40. The molecule has 0 aliphatic heterocycles. The molecular formula is C19H13FN2O2S. The van der Waals surface area contributed by atoms with E-state index in [0.717, 1.165) is 11.1 Å². The normalized spacial score (nSPS) is 10.9. The summed E-state index contributed by atoms with van der Waals surface area (Å²) in [6, 6.07) is 15.8. The lowest BCUT2D eigenvalue weighted by Crippen LogP contribution is -2.13. The van der Waals surface area contributed by atoms with Crippen LogP contribution in [0.25, 0.3) is 21.3 Å². The zero-order chi connectivity index (χ0) is 17.2. The Bertz CT molecular complexity index is 1090. The molecule has 0 amide bonds. The molecule has 0 spiro atoms. The highest BCUT2D eigenvalue weighted by Gasteiger charge is 2.13. The maximum atomic E-state index is 13.6. The number of halogens is 1. The fourth-order valence-corrected chi connectivity index (χ4v) is 3.57. The van der Waals surface area contributed by atoms with Crippen LogP contribution in [0.3, 0.4) is 0 Å². The van der Waals surface area contributed by atoms with Gasteiger partial charge < -0.3 is 9.72 Å². The second kappa shape index (κ2) is 6.49. The number of para-hydroxylation sites is 1. The Balaban J connectivity index is 1.67. The molecule has 1 N–H and O–H groups in total. The smallest absolute Gasteiger partial charge is 0.260 e. The number of hydrogen-bond acceptors (Lipinski definition) is 4. The highest BCUT2D eigenvalue weighted by atomic mass is 32.1. The van der Waals surface area contributed by atoms with Crippen molar-refractivity contribution < 1.29 is 9.13 Å². The lowest BCUT2D eigenvalue weighted by molar-refractivity contribution is 0.281. The van der Waals surface area contributed by atoms with Gasteiger partial charge in [0.05, 0.1) is 5.39 Å². The van der Waals surface area contributed by atoms with Gasteiger partial charge in [-0.05, 0) is 17.7 Å². The summed E-state index contributed by atoms with van der Waals surface area (Å²) in [5.74, 6) is 0.0389. The van der Waals surface area contributed by atoms with Crippen LogP contribution in [0.2, 0.25) is 0 Å². The number of nitrogens with one attached hydrogen (secondary N) is 1. The Kier molecular flexibility index (Phi) is 4.03. The molecule has 0 saturated carbocycles. The first kappa shape index (κ1) is 15.5. The molecule has 0 aliphatic carbocycles. The minimum atomic E-state index is -0.451. The second-order valence-electron chi connectivity index (χ2n) is 5.43. The summed E-state index contributed by atoms with van der Waals surface area (Å²) in [6.07, 6.45) is 0. The van der Waals surface area contributed by atoms with E-state index < -0.39 is 5.82 Å². The highest BCUT2D eigenvalue weighted by molar-refractivity contribution is 7.17. The molecule has 0 fully saturated rings. The molecule has 2 aromatic carbocycles. The first-order valence-electron chi connectivity index (χ1n) is 7.65. The Morgan fingerprint density at radius 1 is 1.08 bits per heavy atom. The van der Waals surface area contributed by atoms with Gasteiger partial charge >= 0.3 is 0 Å². The summed E-state index contributed by atoms with van der Waals surface area (Å²) < 4.78 is 19.0. The van der Waals surface area contributed by atoms with Gasteiger partial charge in [-0.15, -0.1) is 11.3 Å². The molecule has 4 rings (SSSR count). The summed E-state index contributed by atoms with van der Waals surface area (Å²) in [5, 5.41) is 2.48. The fourth-order valence-electron chi connectivity index (χ4n) is 2.60. The maximum Gasteiger partial charge on any atom is 0.260 e. The van der Waals surface area contributed by atoms with E-state index in [1.807, 2.05) is 35.7 Å². The van der Waals surface area contributed by atoms with Gasteiger partial charge in [-0.3, -0.25) is 4.79 Å². The summed E-state index contributed by atoms with van der Waals surface area (Å²) in [7, 11) is 0. The van der Waals surface area contributed by atoms with E-state index in [0.29, 0.717) is 16.0 Å². The molecule has 2 aromatic heterocycles. The Hall–Kier alpha value is -2.99. The number of fused-ring (bicyclic) bond motifs is 1. The molecule has 4 aromatic rings. The fraction of sp³-hybridized carbons (Fsp3) is 0.0526. The third-order valence-electron chi connectivity index (χ3n) is 3.78. The van der Waals surface area contributed by atoms with Crippen LogP contribution in [0, 0.1) is 5.82 Å². The number of aromatic amines is 1. The third kappa shape index (κ3) is 3.04. The summed E-state index contributed by atoms with van der Waals surface area (Å²) in [5.41, 5.74) is 1.60. The molecule has 0 atom stereocenters. The van der Waals surface area contributed by atoms with Crippen molar-refractivity contribution in [2.24, 2.45) is 0 Å². The van der Waals surface area contributed by atoms with Crippen molar-refractivity contribution >= 4 is 21.6 Å². The van der Waals surface area contributed by atoms with E-state index in [-0.39, 0.29) is 17.9 Å².